The quantitative estimate of drug-likeness (QED) is 0.688. The van der Waals surface area contributed by atoms with Gasteiger partial charge in [-0.3, -0.25) is 4.79 Å². The second-order valence-electron chi connectivity index (χ2n) is 4.16. The molecule has 1 aliphatic rings. The monoisotopic (exact) mass is 195 g/mol. The minimum Gasteiger partial charge on any atom is -0.378 e. The summed E-state index contributed by atoms with van der Waals surface area (Å²) >= 11 is 0. The predicted octanol–water partition coefficient (Wildman–Crippen LogP) is 1.92. The summed E-state index contributed by atoms with van der Waals surface area (Å²) in [7, 11) is 0. The van der Waals surface area contributed by atoms with Gasteiger partial charge in [0.25, 0.3) is 0 Å². The van der Waals surface area contributed by atoms with Crippen LogP contribution in [0, 0.1) is 23.2 Å². The Morgan fingerprint density at radius 1 is 1.64 bits per heavy atom. The van der Waals surface area contributed by atoms with E-state index in [1.54, 1.807) is 0 Å². The van der Waals surface area contributed by atoms with E-state index in [1.165, 1.54) is 0 Å². The molecule has 1 saturated heterocycles. The summed E-state index contributed by atoms with van der Waals surface area (Å²) in [5, 5.41) is 8.83. The van der Waals surface area contributed by atoms with E-state index in [1.807, 2.05) is 13.8 Å². The molecule has 14 heavy (non-hydrogen) atoms. The lowest BCUT2D eigenvalue weighted by molar-refractivity contribution is -0.124. The molecule has 0 aliphatic carbocycles. The van der Waals surface area contributed by atoms with Gasteiger partial charge in [0.15, 0.2) is 5.78 Å². The van der Waals surface area contributed by atoms with Crippen LogP contribution in [-0.4, -0.2) is 18.5 Å². The first-order chi connectivity index (χ1) is 6.65. The maximum Gasteiger partial charge on any atom is 0.152 e. The Kier molecular flexibility index (Phi) is 4.09. The van der Waals surface area contributed by atoms with E-state index >= 15 is 0 Å². The average Bonchev–Trinajstić information content (AvgIpc) is 2.57. The molecule has 0 aromatic carbocycles. The van der Waals surface area contributed by atoms with Gasteiger partial charge in [0.1, 0.15) is 5.92 Å². The van der Waals surface area contributed by atoms with E-state index in [2.05, 4.69) is 6.07 Å². The molecule has 1 heterocycles. The fourth-order valence-electron chi connectivity index (χ4n) is 1.75. The molecule has 1 aliphatic heterocycles. The summed E-state index contributed by atoms with van der Waals surface area (Å²) in [5.41, 5.74) is 0. The zero-order valence-corrected chi connectivity index (χ0v) is 8.82. The van der Waals surface area contributed by atoms with E-state index in [0.29, 0.717) is 6.42 Å². The summed E-state index contributed by atoms with van der Waals surface area (Å²) in [6.07, 6.45) is 2.48. The van der Waals surface area contributed by atoms with Crippen LogP contribution in [-0.2, 0) is 9.53 Å². The zero-order chi connectivity index (χ0) is 10.6. The molecular weight excluding hydrogens is 178 g/mol. The second kappa shape index (κ2) is 5.11. The normalized spacial score (nSPS) is 23.4. The summed E-state index contributed by atoms with van der Waals surface area (Å²) in [6.45, 7) is 4.57. The summed E-state index contributed by atoms with van der Waals surface area (Å²) in [5.74, 6) is -0.317. The van der Waals surface area contributed by atoms with Crippen molar-refractivity contribution in [3.8, 4) is 6.07 Å². The number of nitriles is 1. The van der Waals surface area contributed by atoms with Crippen molar-refractivity contribution in [3.05, 3.63) is 0 Å². The molecule has 0 aromatic heterocycles. The van der Waals surface area contributed by atoms with Crippen molar-refractivity contribution >= 4 is 5.78 Å². The number of ether oxygens (including phenoxy) is 1. The van der Waals surface area contributed by atoms with Crippen LogP contribution in [0.4, 0.5) is 0 Å². The van der Waals surface area contributed by atoms with Gasteiger partial charge in [-0.25, -0.2) is 0 Å². The fourth-order valence-corrected chi connectivity index (χ4v) is 1.75. The number of rotatable bonds is 4. The minimum atomic E-state index is -0.459. The molecule has 78 valence electrons. The van der Waals surface area contributed by atoms with Gasteiger partial charge in [0.2, 0.25) is 0 Å². The Bertz CT molecular complexity index is 236. The van der Waals surface area contributed by atoms with Gasteiger partial charge in [-0.1, -0.05) is 13.8 Å². The third-order valence-electron chi connectivity index (χ3n) is 2.61. The molecule has 0 aromatic rings. The molecule has 0 saturated carbocycles. The lowest BCUT2D eigenvalue weighted by Crippen LogP contribution is -2.23. The Morgan fingerprint density at radius 2 is 2.36 bits per heavy atom. The van der Waals surface area contributed by atoms with Crippen molar-refractivity contribution in [1.29, 1.82) is 5.26 Å². The minimum absolute atomic E-state index is 0.0365. The average molecular weight is 195 g/mol. The Hall–Kier alpha value is -0.880. The molecule has 2 atom stereocenters. The van der Waals surface area contributed by atoms with Crippen molar-refractivity contribution in [2.24, 2.45) is 11.8 Å². The molecular formula is C11H17NO2. The maximum atomic E-state index is 11.7. The molecule has 0 spiro atoms. The first kappa shape index (κ1) is 11.2. The number of hydrogen-bond donors (Lipinski definition) is 0. The van der Waals surface area contributed by atoms with Crippen molar-refractivity contribution < 1.29 is 9.53 Å². The smallest absolute Gasteiger partial charge is 0.152 e. The van der Waals surface area contributed by atoms with Crippen molar-refractivity contribution in [2.75, 3.05) is 6.61 Å². The number of nitrogens with zero attached hydrogens (tertiary/aromatic N) is 1. The Balaban J connectivity index is 2.43. The van der Waals surface area contributed by atoms with Gasteiger partial charge in [-0.15, -0.1) is 0 Å². The maximum absolute atomic E-state index is 11.7. The summed E-state index contributed by atoms with van der Waals surface area (Å²) in [6, 6.07) is 2.07. The third-order valence-corrected chi connectivity index (χ3v) is 2.61. The Morgan fingerprint density at radius 3 is 2.79 bits per heavy atom. The van der Waals surface area contributed by atoms with Crippen molar-refractivity contribution in [2.45, 2.75) is 39.2 Å². The zero-order valence-electron chi connectivity index (χ0n) is 8.82. The van der Waals surface area contributed by atoms with Gasteiger partial charge < -0.3 is 4.74 Å². The number of Topliss-reactive ketones (excluding diaryl/α,β-unsaturated/α-hetero) is 1. The lowest BCUT2D eigenvalue weighted by Gasteiger charge is -2.14. The van der Waals surface area contributed by atoms with Crippen LogP contribution in [0.5, 0.6) is 0 Å². The second-order valence-corrected chi connectivity index (χ2v) is 4.16. The van der Waals surface area contributed by atoms with E-state index in [9.17, 15) is 4.79 Å². The number of carbonyl (C=O) groups is 1. The number of hydrogen-bond acceptors (Lipinski definition) is 3. The first-order valence-corrected chi connectivity index (χ1v) is 5.19. The van der Waals surface area contributed by atoms with Gasteiger partial charge in [-0.2, -0.15) is 5.26 Å². The molecule has 2 unspecified atom stereocenters. The van der Waals surface area contributed by atoms with Gasteiger partial charge >= 0.3 is 0 Å². The molecule has 0 bridgehead atoms. The lowest BCUT2D eigenvalue weighted by atomic mass is 9.90. The van der Waals surface area contributed by atoms with Crippen LogP contribution in [0.2, 0.25) is 0 Å². The Labute approximate surface area is 85.1 Å². The highest BCUT2D eigenvalue weighted by Gasteiger charge is 2.26. The van der Waals surface area contributed by atoms with E-state index in [0.717, 1.165) is 19.4 Å². The van der Waals surface area contributed by atoms with E-state index in [-0.39, 0.29) is 17.8 Å². The fraction of sp³-hybridized carbons (Fsp3) is 0.818. The van der Waals surface area contributed by atoms with Gasteiger partial charge in [-0.05, 0) is 18.8 Å². The summed E-state index contributed by atoms with van der Waals surface area (Å²) in [4.78, 5) is 11.7. The van der Waals surface area contributed by atoms with E-state index in [4.69, 9.17) is 10.00 Å². The highest BCUT2D eigenvalue weighted by atomic mass is 16.5. The van der Waals surface area contributed by atoms with Crippen LogP contribution in [0.25, 0.3) is 0 Å². The topological polar surface area (TPSA) is 50.1 Å². The molecule has 0 radical (unpaired) electrons. The third kappa shape index (κ3) is 2.81. The largest absolute Gasteiger partial charge is 0.378 e. The van der Waals surface area contributed by atoms with Crippen molar-refractivity contribution in [3.63, 3.8) is 0 Å². The van der Waals surface area contributed by atoms with Crippen LogP contribution in [0.1, 0.15) is 33.1 Å². The SMILES string of the molecule is CC(C)C(C#N)C(=O)CC1CCCO1. The molecule has 3 heteroatoms. The first-order valence-electron chi connectivity index (χ1n) is 5.19. The number of ketones is 1. The van der Waals surface area contributed by atoms with E-state index < -0.39 is 5.92 Å². The van der Waals surface area contributed by atoms with Crippen molar-refractivity contribution in [1.82, 2.24) is 0 Å². The highest BCUT2D eigenvalue weighted by molar-refractivity contribution is 5.83. The van der Waals surface area contributed by atoms with Gasteiger partial charge in [0.05, 0.1) is 12.2 Å². The highest BCUT2D eigenvalue weighted by Crippen LogP contribution is 2.20. The molecule has 1 rings (SSSR count). The van der Waals surface area contributed by atoms with Crippen LogP contribution < -0.4 is 0 Å². The molecule has 1 fully saturated rings. The molecule has 3 nitrogen and oxygen atoms in total. The van der Waals surface area contributed by atoms with Crippen LogP contribution >= 0.6 is 0 Å². The van der Waals surface area contributed by atoms with Crippen LogP contribution in [0.15, 0.2) is 0 Å². The molecule has 0 amide bonds. The molecule has 0 N–H and O–H groups in total. The summed E-state index contributed by atoms with van der Waals surface area (Å²) < 4.78 is 5.37. The predicted molar refractivity (Wildman–Crippen MR) is 52.5 cm³/mol. The van der Waals surface area contributed by atoms with Gasteiger partial charge in [0, 0.05) is 13.0 Å². The number of carbonyl (C=O) groups excluding carboxylic acids is 1. The van der Waals surface area contributed by atoms with Crippen LogP contribution in [0.3, 0.4) is 0 Å². The standard InChI is InChI=1S/C11H17NO2/c1-8(2)10(7-12)11(13)6-9-4-3-5-14-9/h8-10H,3-6H2,1-2H3.